The lowest BCUT2D eigenvalue weighted by Gasteiger charge is -2.32. The minimum absolute atomic E-state index is 0.191. The number of benzene rings is 1. The maximum Gasteiger partial charge on any atom is 0.241 e. The molecule has 1 unspecified atom stereocenters. The van der Waals surface area contributed by atoms with Gasteiger partial charge in [0.15, 0.2) is 0 Å². The molecule has 1 saturated heterocycles. The average molecular weight is 325 g/mol. The molecular weight excluding hydrogens is 302 g/mol. The highest BCUT2D eigenvalue weighted by Crippen LogP contribution is 2.31. The van der Waals surface area contributed by atoms with Gasteiger partial charge in [-0.25, -0.2) is 0 Å². The molecule has 2 aromatic rings. The van der Waals surface area contributed by atoms with E-state index in [9.17, 15) is 4.79 Å². The molecule has 1 aromatic heterocycles. The van der Waals surface area contributed by atoms with Gasteiger partial charge in [-0.3, -0.25) is 9.69 Å². The van der Waals surface area contributed by atoms with Crippen LogP contribution in [-0.2, 0) is 18.3 Å². The van der Waals surface area contributed by atoms with Gasteiger partial charge < -0.3 is 9.47 Å². The summed E-state index contributed by atoms with van der Waals surface area (Å²) < 4.78 is 1.96. The fourth-order valence-electron chi connectivity index (χ4n) is 3.95. The first kappa shape index (κ1) is 15.3. The zero-order valence-corrected chi connectivity index (χ0v) is 14.1. The Hall–Kier alpha value is -2.21. The van der Waals surface area contributed by atoms with E-state index >= 15 is 0 Å². The van der Waals surface area contributed by atoms with Crippen molar-refractivity contribution in [3.05, 3.63) is 42.0 Å². The van der Waals surface area contributed by atoms with Crippen LogP contribution in [0, 0.1) is 0 Å². The number of amides is 1. The maximum absolute atomic E-state index is 13.0. The zero-order chi connectivity index (χ0) is 16.5. The van der Waals surface area contributed by atoms with Crippen LogP contribution in [-0.4, -0.2) is 45.2 Å². The van der Waals surface area contributed by atoms with Crippen molar-refractivity contribution in [2.45, 2.75) is 31.7 Å². The van der Waals surface area contributed by atoms with Gasteiger partial charge in [0.2, 0.25) is 5.91 Å². The molecule has 0 aliphatic carbocycles. The largest absolute Gasteiger partial charge is 0.319 e. The van der Waals surface area contributed by atoms with Crippen molar-refractivity contribution in [2.75, 3.05) is 24.5 Å². The lowest BCUT2D eigenvalue weighted by Crippen LogP contribution is -2.42. The molecule has 1 amide bonds. The van der Waals surface area contributed by atoms with Crippen LogP contribution in [0.4, 0.5) is 5.69 Å². The summed E-state index contributed by atoms with van der Waals surface area (Å²) in [4.78, 5) is 17.2. The van der Waals surface area contributed by atoms with E-state index in [1.165, 1.54) is 5.56 Å². The van der Waals surface area contributed by atoms with Gasteiger partial charge in [-0.2, -0.15) is 0 Å². The fourth-order valence-corrected chi connectivity index (χ4v) is 3.95. The molecule has 6 nitrogen and oxygen atoms in total. The van der Waals surface area contributed by atoms with Crippen LogP contribution < -0.4 is 4.90 Å². The number of nitrogens with zero attached hydrogens (tertiary/aromatic N) is 5. The van der Waals surface area contributed by atoms with E-state index in [0.717, 1.165) is 50.3 Å². The number of aromatic nitrogens is 3. The van der Waals surface area contributed by atoms with Gasteiger partial charge in [-0.1, -0.05) is 18.2 Å². The molecule has 2 aliphatic heterocycles. The first-order chi connectivity index (χ1) is 11.7. The summed E-state index contributed by atoms with van der Waals surface area (Å²) in [6, 6.07) is 8.46. The van der Waals surface area contributed by atoms with Gasteiger partial charge in [0.05, 0.1) is 12.6 Å². The number of hydrogen-bond donors (Lipinski definition) is 0. The third-order valence-corrected chi connectivity index (χ3v) is 5.16. The second kappa shape index (κ2) is 6.36. The van der Waals surface area contributed by atoms with Gasteiger partial charge in [-0.05, 0) is 43.9 Å². The molecule has 0 saturated carbocycles. The van der Waals surface area contributed by atoms with Crippen molar-refractivity contribution >= 4 is 11.6 Å². The summed E-state index contributed by atoms with van der Waals surface area (Å²) in [6.07, 6.45) is 5.97. The normalized spacial score (nSPS) is 21.0. The predicted octanol–water partition coefficient (Wildman–Crippen LogP) is 1.93. The first-order valence-electron chi connectivity index (χ1n) is 8.70. The van der Waals surface area contributed by atoms with E-state index < -0.39 is 0 Å². The maximum atomic E-state index is 13.0. The van der Waals surface area contributed by atoms with Crippen molar-refractivity contribution in [2.24, 2.45) is 7.05 Å². The summed E-state index contributed by atoms with van der Waals surface area (Å²) in [5.74, 6) is 1.15. The van der Waals surface area contributed by atoms with Crippen LogP contribution in [0.15, 0.2) is 30.6 Å². The fraction of sp³-hybridized carbons (Fsp3) is 0.500. The molecule has 4 rings (SSSR count). The lowest BCUT2D eigenvalue weighted by molar-refractivity contribution is -0.120. The second-order valence-corrected chi connectivity index (χ2v) is 6.71. The summed E-state index contributed by atoms with van der Waals surface area (Å²) >= 11 is 0. The number of carbonyl (C=O) groups excluding carboxylic acids is 1. The van der Waals surface area contributed by atoms with Gasteiger partial charge in [0.25, 0.3) is 0 Å². The van der Waals surface area contributed by atoms with Crippen molar-refractivity contribution in [1.82, 2.24) is 19.7 Å². The Bertz CT molecular complexity index is 741. The number of aryl methyl sites for hydroxylation is 2. The van der Waals surface area contributed by atoms with Crippen molar-refractivity contribution < 1.29 is 4.79 Å². The van der Waals surface area contributed by atoms with Gasteiger partial charge in [0, 0.05) is 19.3 Å². The number of likely N-dealkylation sites (tertiary alicyclic amines) is 1. The Morgan fingerprint density at radius 2 is 2.12 bits per heavy atom. The molecule has 0 spiro atoms. The number of carbonyl (C=O) groups is 1. The van der Waals surface area contributed by atoms with Gasteiger partial charge >= 0.3 is 0 Å². The quantitative estimate of drug-likeness (QED) is 0.865. The highest BCUT2D eigenvalue weighted by molar-refractivity contribution is 5.96. The Labute approximate surface area is 142 Å². The number of fused-ring (bicyclic) bond motifs is 1. The molecule has 3 heterocycles. The SMILES string of the molecule is Cn1cnnc1C1CCCN1CC(=O)N1CCCc2ccccc21. The van der Waals surface area contributed by atoms with Crippen molar-refractivity contribution in [3.8, 4) is 0 Å². The Morgan fingerprint density at radius 3 is 2.96 bits per heavy atom. The highest BCUT2D eigenvalue weighted by atomic mass is 16.2. The topological polar surface area (TPSA) is 54.3 Å². The molecule has 2 aliphatic rings. The van der Waals surface area contributed by atoms with E-state index in [2.05, 4.69) is 33.3 Å². The van der Waals surface area contributed by atoms with Crippen LogP contribution >= 0.6 is 0 Å². The van der Waals surface area contributed by atoms with Crippen molar-refractivity contribution in [3.63, 3.8) is 0 Å². The van der Waals surface area contributed by atoms with E-state index in [1.807, 2.05) is 22.6 Å². The van der Waals surface area contributed by atoms with E-state index in [4.69, 9.17) is 0 Å². The molecule has 1 fully saturated rings. The molecule has 24 heavy (non-hydrogen) atoms. The summed E-state index contributed by atoms with van der Waals surface area (Å²) in [5, 5.41) is 8.24. The Balaban J connectivity index is 1.51. The minimum atomic E-state index is 0.191. The summed E-state index contributed by atoms with van der Waals surface area (Å²) in [7, 11) is 1.97. The zero-order valence-electron chi connectivity index (χ0n) is 14.1. The van der Waals surface area contributed by atoms with E-state index in [1.54, 1.807) is 6.33 Å². The molecule has 0 bridgehead atoms. The number of hydrogen-bond acceptors (Lipinski definition) is 4. The minimum Gasteiger partial charge on any atom is -0.319 e. The third-order valence-electron chi connectivity index (χ3n) is 5.16. The summed E-state index contributed by atoms with van der Waals surface area (Å²) in [5.41, 5.74) is 2.37. The monoisotopic (exact) mass is 325 g/mol. The van der Waals surface area contributed by atoms with Crippen LogP contribution in [0.2, 0.25) is 0 Å². The van der Waals surface area contributed by atoms with E-state index in [-0.39, 0.29) is 11.9 Å². The van der Waals surface area contributed by atoms with Crippen LogP contribution in [0.3, 0.4) is 0 Å². The Kier molecular flexibility index (Phi) is 4.06. The van der Waals surface area contributed by atoms with Crippen LogP contribution in [0.25, 0.3) is 0 Å². The molecule has 6 heteroatoms. The average Bonchev–Trinajstić information content (AvgIpc) is 3.22. The summed E-state index contributed by atoms with van der Waals surface area (Å²) in [6.45, 7) is 2.21. The van der Waals surface area contributed by atoms with Crippen LogP contribution in [0.1, 0.15) is 36.7 Å². The second-order valence-electron chi connectivity index (χ2n) is 6.71. The van der Waals surface area contributed by atoms with E-state index in [0.29, 0.717) is 6.54 Å². The van der Waals surface area contributed by atoms with Gasteiger partial charge in [-0.15, -0.1) is 10.2 Å². The molecule has 1 aromatic carbocycles. The number of anilines is 1. The van der Waals surface area contributed by atoms with Crippen molar-refractivity contribution in [1.29, 1.82) is 0 Å². The van der Waals surface area contributed by atoms with Crippen LogP contribution in [0.5, 0.6) is 0 Å². The standard InChI is InChI=1S/C18H23N5O/c1-21-13-19-20-18(21)16-9-5-10-22(16)12-17(24)23-11-4-7-14-6-2-3-8-15(14)23/h2-3,6,8,13,16H,4-5,7,9-12H2,1H3. The molecular formula is C18H23N5O. The lowest BCUT2D eigenvalue weighted by atomic mass is 10.0. The number of rotatable bonds is 3. The molecule has 0 N–H and O–H groups in total. The highest BCUT2D eigenvalue weighted by Gasteiger charge is 2.32. The van der Waals surface area contributed by atoms with Gasteiger partial charge in [0.1, 0.15) is 12.2 Å². The first-order valence-corrected chi connectivity index (χ1v) is 8.70. The predicted molar refractivity (Wildman–Crippen MR) is 91.7 cm³/mol. The smallest absolute Gasteiger partial charge is 0.241 e. The molecule has 126 valence electrons. The Morgan fingerprint density at radius 1 is 1.25 bits per heavy atom. The third kappa shape index (κ3) is 2.71. The number of para-hydroxylation sites is 1. The molecule has 0 radical (unpaired) electrons. The molecule has 1 atom stereocenters.